The third kappa shape index (κ3) is 6.72. The quantitative estimate of drug-likeness (QED) is 0.351. The molecule has 0 aromatic heterocycles. The normalized spacial score (nSPS) is 14.6. The summed E-state index contributed by atoms with van der Waals surface area (Å²) >= 11 is 5.92. The van der Waals surface area contributed by atoms with Gasteiger partial charge in [-0.15, -0.1) is 0 Å². The van der Waals surface area contributed by atoms with Crippen molar-refractivity contribution >= 4 is 27.5 Å². The zero-order chi connectivity index (χ0) is 26.4. The number of benzene rings is 3. The van der Waals surface area contributed by atoms with Crippen LogP contribution in [0.1, 0.15) is 41.3 Å². The fourth-order valence-corrected chi connectivity index (χ4v) is 5.99. The standard InChI is InChI=1S/C29H33ClN2O4S/c1-3-36-28-14-9-24(20-25(28)21-31(2)37(34,35)27-12-10-26(30)11-13-27)29(33)32-17-15-23(16-18-32)19-22-7-5-4-6-8-22/h4-14,20,23H,3,15-19,21H2,1-2H3. The molecule has 0 unspecified atom stereocenters. The second-order valence-corrected chi connectivity index (χ2v) is 11.9. The minimum Gasteiger partial charge on any atom is -0.494 e. The van der Waals surface area contributed by atoms with Gasteiger partial charge in [0, 0.05) is 42.8 Å². The van der Waals surface area contributed by atoms with Crippen molar-refractivity contribution in [3.05, 3.63) is 94.5 Å². The first-order valence-corrected chi connectivity index (χ1v) is 14.4. The lowest BCUT2D eigenvalue weighted by molar-refractivity contribution is 0.0690. The Hall–Kier alpha value is -2.87. The highest BCUT2D eigenvalue weighted by atomic mass is 35.5. The number of ether oxygens (including phenoxy) is 1. The number of carbonyl (C=O) groups is 1. The topological polar surface area (TPSA) is 66.9 Å². The van der Waals surface area contributed by atoms with Gasteiger partial charge >= 0.3 is 0 Å². The lowest BCUT2D eigenvalue weighted by Crippen LogP contribution is -2.39. The highest BCUT2D eigenvalue weighted by molar-refractivity contribution is 7.89. The Morgan fingerprint density at radius 1 is 1.03 bits per heavy atom. The zero-order valence-corrected chi connectivity index (χ0v) is 22.8. The molecule has 0 atom stereocenters. The smallest absolute Gasteiger partial charge is 0.253 e. The monoisotopic (exact) mass is 540 g/mol. The molecule has 1 aliphatic rings. The van der Waals surface area contributed by atoms with Crippen LogP contribution in [-0.2, 0) is 23.0 Å². The number of amides is 1. The summed E-state index contributed by atoms with van der Waals surface area (Å²) < 4.78 is 33.2. The number of rotatable bonds is 9. The summed E-state index contributed by atoms with van der Waals surface area (Å²) in [6, 6.07) is 21.8. The van der Waals surface area contributed by atoms with E-state index in [1.54, 1.807) is 30.3 Å². The third-order valence-corrected chi connectivity index (χ3v) is 8.86. The fraction of sp³-hybridized carbons (Fsp3) is 0.345. The van der Waals surface area contributed by atoms with E-state index in [1.807, 2.05) is 17.9 Å². The molecule has 196 valence electrons. The van der Waals surface area contributed by atoms with Crippen LogP contribution >= 0.6 is 11.6 Å². The number of hydrogen-bond donors (Lipinski definition) is 0. The molecule has 0 N–H and O–H groups in total. The van der Waals surface area contributed by atoms with Crippen LogP contribution in [-0.4, -0.2) is 50.3 Å². The number of piperidine rings is 1. The molecule has 1 heterocycles. The summed E-state index contributed by atoms with van der Waals surface area (Å²) in [5.41, 5.74) is 2.52. The molecule has 3 aromatic rings. The first-order valence-electron chi connectivity index (χ1n) is 12.6. The molecule has 1 fully saturated rings. The van der Waals surface area contributed by atoms with E-state index in [2.05, 4.69) is 24.3 Å². The van der Waals surface area contributed by atoms with Gasteiger partial charge < -0.3 is 9.64 Å². The van der Waals surface area contributed by atoms with Gasteiger partial charge in [0.2, 0.25) is 10.0 Å². The number of hydrogen-bond acceptors (Lipinski definition) is 4. The molecule has 0 bridgehead atoms. The van der Waals surface area contributed by atoms with Crippen LogP contribution in [0.25, 0.3) is 0 Å². The number of nitrogens with zero attached hydrogens (tertiary/aromatic N) is 2. The van der Waals surface area contributed by atoms with E-state index < -0.39 is 10.0 Å². The predicted octanol–water partition coefficient (Wildman–Crippen LogP) is 5.65. The highest BCUT2D eigenvalue weighted by Gasteiger charge is 2.26. The van der Waals surface area contributed by atoms with Crippen LogP contribution in [0.2, 0.25) is 5.02 Å². The van der Waals surface area contributed by atoms with Gasteiger partial charge in [0.15, 0.2) is 0 Å². The number of carbonyl (C=O) groups excluding carboxylic acids is 1. The van der Waals surface area contributed by atoms with Crippen LogP contribution in [0, 0.1) is 5.92 Å². The van der Waals surface area contributed by atoms with Crippen molar-refractivity contribution in [2.24, 2.45) is 5.92 Å². The van der Waals surface area contributed by atoms with Crippen molar-refractivity contribution in [3.8, 4) is 5.75 Å². The zero-order valence-electron chi connectivity index (χ0n) is 21.3. The largest absolute Gasteiger partial charge is 0.494 e. The van der Waals surface area contributed by atoms with Crippen LogP contribution in [0.4, 0.5) is 0 Å². The first kappa shape index (κ1) is 27.2. The average Bonchev–Trinajstić information content (AvgIpc) is 2.90. The maximum atomic E-state index is 13.4. The van der Waals surface area contributed by atoms with E-state index in [4.69, 9.17) is 16.3 Å². The molecule has 1 saturated heterocycles. The predicted molar refractivity (Wildman–Crippen MR) is 146 cm³/mol. The van der Waals surface area contributed by atoms with Gasteiger partial charge in [0.1, 0.15) is 5.75 Å². The molecule has 4 rings (SSSR count). The van der Waals surface area contributed by atoms with Crippen molar-refractivity contribution in [2.75, 3.05) is 26.7 Å². The number of likely N-dealkylation sites (tertiary alicyclic amines) is 1. The van der Waals surface area contributed by atoms with Crippen LogP contribution in [0.15, 0.2) is 77.7 Å². The molecular formula is C29H33ClN2O4S. The minimum absolute atomic E-state index is 0.0364. The van der Waals surface area contributed by atoms with Gasteiger partial charge in [-0.3, -0.25) is 4.79 Å². The van der Waals surface area contributed by atoms with Gasteiger partial charge in [-0.05, 0) is 80.1 Å². The first-order chi connectivity index (χ1) is 17.8. The molecule has 0 spiro atoms. The van der Waals surface area contributed by atoms with Gasteiger partial charge in [-0.2, -0.15) is 4.31 Å². The minimum atomic E-state index is -3.75. The molecule has 0 radical (unpaired) electrons. The molecule has 0 saturated carbocycles. The Morgan fingerprint density at radius 3 is 2.35 bits per heavy atom. The second-order valence-electron chi connectivity index (χ2n) is 9.40. The summed E-state index contributed by atoms with van der Waals surface area (Å²) in [6.45, 7) is 3.80. The summed E-state index contributed by atoms with van der Waals surface area (Å²) in [5.74, 6) is 1.10. The number of halogens is 1. The lowest BCUT2D eigenvalue weighted by Gasteiger charge is -2.32. The van der Waals surface area contributed by atoms with E-state index in [-0.39, 0.29) is 17.3 Å². The Labute approximate surface area is 224 Å². The Balaban J connectivity index is 1.46. The van der Waals surface area contributed by atoms with Gasteiger partial charge in [0.25, 0.3) is 5.91 Å². The lowest BCUT2D eigenvalue weighted by atomic mass is 9.90. The molecule has 0 aliphatic carbocycles. The highest BCUT2D eigenvalue weighted by Crippen LogP contribution is 2.27. The SMILES string of the molecule is CCOc1ccc(C(=O)N2CCC(Cc3ccccc3)CC2)cc1CN(C)S(=O)(=O)c1ccc(Cl)cc1. The molecule has 6 nitrogen and oxygen atoms in total. The van der Waals surface area contributed by atoms with E-state index in [0.29, 0.717) is 47.5 Å². The fourth-order valence-electron chi connectivity index (χ4n) is 4.71. The van der Waals surface area contributed by atoms with E-state index in [0.717, 1.165) is 19.3 Å². The van der Waals surface area contributed by atoms with Crippen LogP contribution in [0.3, 0.4) is 0 Å². The van der Waals surface area contributed by atoms with Crippen molar-refractivity contribution in [1.82, 2.24) is 9.21 Å². The van der Waals surface area contributed by atoms with Crippen molar-refractivity contribution in [2.45, 2.75) is 37.6 Å². The maximum absolute atomic E-state index is 13.4. The average molecular weight is 541 g/mol. The Kier molecular flexibility index (Phi) is 8.90. The van der Waals surface area contributed by atoms with E-state index in [1.165, 1.54) is 29.0 Å². The van der Waals surface area contributed by atoms with E-state index in [9.17, 15) is 13.2 Å². The molecule has 37 heavy (non-hydrogen) atoms. The summed E-state index contributed by atoms with van der Waals surface area (Å²) in [4.78, 5) is 15.4. The van der Waals surface area contributed by atoms with E-state index >= 15 is 0 Å². The second kappa shape index (κ2) is 12.1. The molecule has 1 aliphatic heterocycles. The Bertz CT molecular complexity index is 1310. The third-order valence-electron chi connectivity index (χ3n) is 6.79. The van der Waals surface area contributed by atoms with Gasteiger partial charge in [0.05, 0.1) is 11.5 Å². The van der Waals surface area contributed by atoms with Crippen LogP contribution in [0.5, 0.6) is 5.75 Å². The van der Waals surface area contributed by atoms with Crippen molar-refractivity contribution < 1.29 is 17.9 Å². The van der Waals surface area contributed by atoms with Gasteiger partial charge in [-0.25, -0.2) is 8.42 Å². The van der Waals surface area contributed by atoms with Crippen molar-refractivity contribution in [1.29, 1.82) is 0 Å². The molecule has 3 aromatic carbocycles. The molecule has 1 amide bonds. The Morgan fingerprint density at radius 2 is 1.70 bits per heavy atom. The number of sulfonamides is 1. The summed E-state index contributed by atoms with van der Waals surface area (Å²) in [6.07, 6.45) is 2.96. The molecule has 8 heteroatoms. The maximum Gasteiger partial charge on any atom is 0.253 e. The van der Waals surface area contributed by atoms with Crippen molar-refractivity contribution in [3.63, 3.8) is 0 Å². The van der Waals surface area contributed by atoms with Gasteiger partial charge in [-0.1, -0.05) is 41.9 Å². The summed E-state index contributed by atoms with van der Waals surface area (Å²) in [5, 5.41) is 0.468. The molecular weight excluding hydrogens is 508 g/mol. The van der Waals surface area contributed by atoms with Crippen LogP contribution < -0.4 is 4.74 Å². The summed E-state index contributed by atoms with van der Waals surface area (Å²) in [7, 11) is -2.23.